The van der Waals surface area contributed by atoms with Crippen LogP contribution in [0.3, 0.4) is 0 Å². The average molecular weight is 263 g/mol. The van der Waals surface area contributed by atoms with Crippen molar-refractivity contribution in [3.63, 3.8) is 0 Å². The molecular weight excluding hydrogens is 248 g/mol. The Labute approximate surface area is 91.9 Å². The van der Waals surface area contributed by atoms with Crippen molar-refractivity contribution in [2.45, 2.75) is 33.3 Å². The summed E-state index contributed by atoms with van der Waals surface area (Å²) in [6.07, 6.45) is 0.704. The number of hydrogen-bond acceptors (Lipinski definition) is 2. The fourth-order valence-corrected chi connectivity index (χ4v) is 2.81. The number of aryl methyl sites for hydroxylation is 1. The van der Waals surface area contributed by atoms with E-state index in [0.29, 0.717) is 5.92 Å². The van der Waals surface area contributed by atoms with E-state index < -0.39 is 0 Å². The molecule has 1 heterocycles. The molecule has 1 nitrogen and oxygen atoms in total. The standard InChI is InChI=1S/C10H15BrOS/c1-4-6(2)10(12)9-5-8(11)7(3)13-9/h5-6,10,12H,4H2,1-3H3. The number of halogens is 1. The van der Waals surface area contributed by atoms with Gasteiger partial charge in [-0.1, -0.05) is 20.3 Å². The maximum absolute atomic E-state index is 9.92. The molecule has 0 amide bonds. The first-order valence-electron chi connectivity index (χ1n) is 4.50. The average Bonchev–Trinajstić information content (AvgIpc) is 2.44. The van der Waals surface area contributed by atoms with E-state index in [4.69, 9.17) is 0 Å². The zero-order chi connectivity index (χ0) is 10.0. The number of aliphatic hydroxyl groups excluding tert-OH is 1. The van der Waals surface area contributed by atoms with Crippen molar-refractivity contribution in [1.29, 1.82) is 0 Å². The number of rotatable bonds is 3. The summed E-state index contributed by atoms with van der Waals surface area (Å²) in [4.78, 5) is 2.30. The molecule has 0 aliphatic carbocycles. The van der Waals surface area contributed by atoms with Crippen molar-refractivity contribution in [3.8, 4) is 0 Å². The van der Waals surface area contributed by atoms with Gasteiger partial charge in [-0.05, 0) is 34.8 Å². The lowest BCUT2D eigenvalue weighted by Gasteiger charge is -2.14. The molecule has 0 saturated heterocycles. The highest BCUT2D eigenvalue weighted by Gasteiger charge is 2.17. The molecule has 74 valence electrons. The van der Waals surface area contributed by atoms with Crippen LogP contribution >= 0.6 is 27.3 Å². The monoisotopic (exact) mass is 262 g/mol. The number of thiophene rings is 1. The molecule has 0 spiro atoms. The second-order valence-corrected chi connectivity index (χ2v) is 5.53. The van der Waals surface area contributed by atoms with Crippen molar-refractivity contribution in [2.75, 3.05) is 0 Å². The minimum atomic E-state index is -0.306. The Morgan fingerprint density at radius 1 is 1.62 bits per heavy atom. The first-order valence-corrected chi connectivity index (χ1v) is 6.11. The molecule has 3 heteroatoms. The molecule has 0 aliphatic heterocycles. The van der Waals surface area contributed by atoms with Crippen LogP contribution in [0, 0.1) is 12.8 Å². The SMILES string of the molecule is CCC(C)C(O)c1cc(Br)c(C)s1. The van der Waals surface area contributed by atoms with Crippen LogP contribution < -0.4 is 0 Å². The lowest BCUT2D eigenvalue weighted by molar-refractivity contribution is 0.119. The van der Waals surface area contributed by atoms with Gasteiger partial charge in [0.15, 0.2) is 0 Å². The van der Waals surface area contributed by atoms with Crippen LogP contribution in [0.5, 0.6) is 0 Å². The predicted molar refractivity (Wildman–Crippen MR) is 61.2 cm³/mol. The number of hydrogen-bond donors (Lipinski definition) is 1. The van der Waals surface area contributed by atoms with Crippen molar-refractivity contribution in [1.82, 2.24) is 0 Å². The van der Waals surface area contributed by atoms with Gasteiger partial charge in [-0.25, -0.2) is 0 Å². The van der Waals surface area contributed by atoms with E-state index >= 15 is 0 Å². The van der Waals surface area contributed by atoms with Gasteiger partial charge in [-0.3, -0.25) is 0 Å². The summed E-state index contributed by atoms with van der Waals surface area (Å²) in [5, 5.41) is 9.92. The van der Waals surface area contributed by atoms with E-state index in [2.05, 4.69) is 36.7 Å². The molecule has 2 unspecified atom stereocenters. The minimum Gasteiger partial charge on any atom is -0.387 e. The largest absolute Gasteiger partial charge is 0.387 e. The third-order valence-corrected chi connectivity index (χ3v) is 4.56. The quantitative estimate of drug-likeness (QED) is 0.876. The van der Waals surface area contributed by atoms with Crippen LogP contribution in [0.2, 0.25) is 0 Å². The van der Waals surface area contributed by atoms with E-state index in [1.54, 1.807) is 11.3 Å². The smallest absolute Gasteiger partial charge is 0.0907 e. The first-order chi connectivity index (χ1) is 6.06. The Hall–Kier alpha value is 0.140. The van der Waals surface area contributed by atoms with Crippen molar-refractivity contribution in [2.24, 2.45) is 5.92 Å². The molecule has 0 bridgehead atoms. The molecule has 0 fully saturated rings. The van der Waals surface area contributed by atoms with Crippen molar-refractivity contribution < 1.29 is 5.11 Å². The Kier molecular flexibility index (Phi) is 3.95. The zero-order valence-corrected chi connectivity index (χ0v) is 10.6. The molecule has 0 saturated carbocycles. The number of aliphatic hydroxyl groups is 1. The van der Waals surface area contributed by atoms with Gasteiger partial charge in [0.2, 0.25) is 0 Å². The molecule has 2 atom stereocenters. The van der Waals surface area contributed by atoms with Crippen molar-refractivity contribution in [3.05, 3.63) is 20.3 Å². The van der Waals surface area contributed by atoms with E-state index in [1.165, 1.54) is 4.88 Å². The molecule has 1 aromatic heterocycles. The second kappa shape index (κ2) is 4.58. The van der Waals surface area contributed by atoms with E-state index in [9.17, 15) is 5.11 Å². The van der Waals surface area contributed by atoms with Crippen LogP contribution in [0.15, 0.2) is 10.5 Å². The highest BCUT2D eigenvalue weighted by molar-refractivity contribution is 9.10. The predicted octanol–water partition coefficient (Wildman–Crippen LogP) is 3.90. The molecular formula is C10H15BrOS. The molecule has 1 aromatic rings. The van der Waals surface area contributed by atoms with E-state index in [0.717, 1.165) is 15.8 Å². The third kappa shape index (κ3) is 2.55. The van der Waals surface area contributed by atoms with Gasteiger partial charge in [-0.15, -0.1) is 11.3 Å². The second-order valence-electron chi connectivity index (χ2n) is 3.38. The summed E-state index contributed by atoms with van der Waals surface area (Å²) in [5.41, 5.74) is 0. The Bertz CT molecular complexity index is 263. The summed E-state index contributed by atoms with van der Waals surface area (Å²) >= 11 is 5.12. The minimum absolute atomic E-state index is 0.306. The third-order valence-electron chi connectivity index (χ3n) is 2.35. The summed E-state index contributed by atoms with van der Waals surface area (Å²) in [6.45, 7) is 6.23. The van der Waals surface area contributed by atoms with Crippen molar-refractivity contribution >= 4 is 27.3 Å². The first kappa shape index (κ1) is 11.2. The van der Waals surface area contributed by atoms with Crippen LogP contribution in [-0.2, 0) is 0 Å². The van der Waals surface area contributed by atoms with Gasteiger partial charge in [0.1, 0.15) is 0 Å². The lowest BCUT2D eigenvalue weighted by Crippen LogP contribution is -2.05. The molecule has 1 N–H and O–H groups in total. The Morgan fingerprint density at radius 3 is 2.62 bits per heavy atom. The van der Waals surface area contributed by atoms with Crippen LogP contribution in [0.4, 0.5) is 0 Å². The van der Waals surface area contributed by atoms with Gasteiger partial charge in [0.25, 0.3) is 0 Å². The molecule has 0 radical (unpaired) electrons. The van der Waals surface area contributed by atoms with Gasteiger partial charge < -0.3 is 5.11 Å². The summed E-state index contributed by atoms with van der Waals surface area (Å²) in [7, 11) is 0. The van der Waals surface area contributed by atoms with Crippen LogP contribution in [0.1, 0.15) is 36.1 Å². The Morgan fingerprint density at radius 2 is 2.23 bits per heavy atom. The van der Waals surface area contributed by atoms with Crippen LogP contribution in [-0.4, -0.2) is 5.11 Å². The van der Waals surface area contributed by atoms with Gasteiger partial charge in [-0.2, -0.15) is 0 Å². The molecule has 0 aliphatic rings. The van der Waals surface area contributed by atoms with E-state index in [1.807, 2.05) is 6.07 Å². The summed E-state index contributed by atoms with van der Waals surface area (Å²) in [5.74, 6) is 0.338. The van der Waals surface area contributed by atoms with E-state index in [-0.39, 0.29) is 6.10 Å². The van der Waals surface area contributed by atoms with Gasteiger partial charge in [0.05, 0.1) is 6.10 Å². The topological polar surface area (TPSA) is 20.2 Å². The molecule has 13 heavy (non-hydrogen) atoms. The fourth-order valence-electron chi connectivity index (χ4n) is 1.13. The zero-order valence-electron chi connectivity index (χ0n) is 8.17. The summed E-state index contributed by atoms with van der Waals surface area (Å²) < 4.78 is 1.11. The molecule has 0 aromatic carbocycles. The summed E-state index contributed by atoms with van der Waals surface area (Å²) in [6, 6.07) is 2.02. The normalized spacial score (nSPS) is 15.8. The Balaban J connectivity index is 2.82. The maximum Gasteiger partial charge on any atom is 0.0907 e. The highest BCUT2D eigenvalue weighted by atomic mass is 79.9. The fraction of sp³-hybridized carbons (Fsp3) is 0.600. The van der Waals surface area contributed by atoms with Gasteiger partial charge in [0, 0.05) is 14.2 Å². The van der Waals surface area contributed by atoms with Crippen LogP contribution in [0.25, 0.3) is 0 Å². The lowest BCUT2D eigenvalue weighted by atomic mass is 10.0. The molecule has 1 rings (SSSR count). The highest BCUT2D eigenvalue weighted by Crippen LogP contribution is 2.34. The maximum atomic E-state index is 9.92. The van der Waals surface area contributed by atoms with Gasteiger partial charge >= 0.3 is 0 Å².